The van der Waals surface area contributed by atoms with Crippen LogP contribution in [0.4, 0.5) is 5.69 Å². The predicted octanol–water partition coefficient (Wildman–Crippen LogP) is 3.23. The number of aliphatic hydroxyl groups excluding tert-OH is 1. The first-order valence-electron chi connectivity index (χ1n) is 9.99. The maximum absolute atomic E-state index is 13.1. The van der Waals surface area contributed by atoms with Crippen LogP contribution in [-0.2, 0) is 10.0 Å². The van der Waals surface area contributed by atoms with Crippen LogP contribution >= 0.6 is 0 Å². The van der Waals surface area contributed by atoms with Crippen LogP contribution in [0, 0.1) is 28.1 Å². The fraction of sp³-hybridized carbons (Fsp3) is 0.667. The average Bonchev–Trinajstić information content (AvgIpc) is 2.92. The van der Waals surface area contributed by atoms with Crippen molar-refractivity contribution in [3.05, 3.63) is 23.8 Å². The highest BCUT2D eigenvalue weighted by Gasteiger charge is 2.66. The van der Waals surface area contributed by atoms with Gasteiger partial charge in [-0.3, -0.25) is 0 Å². The molecule has 0 aliphatic heterocycles. The summed E-state index contributed by atoms with van der Waals surface area (Å²) in [4.78, 5) is 0.108. The Kier molecular flexibility index (Phi) is 5.52. The molecule has 6 nitrogen and oxygen atoms in total. The number of anilines is 1. The molecule has 3 N–H and O–H groups in total. The van der Waals surface area contributed by atoms with Crippen molar-refractivity contribution in [1.82, 2.24) is 4.72 Å². The molecule has 2 aliphatic carbocycles. The lowest BCUT2D eigenvalue weighted by Gasteiger charge is -2.17. The number of rotatable bonds is 7. The molecule has 2 atom stereocenters. The molecule has 3 rings (SSSR count). The number of sulfonamides is 1. The second-order valence-electron chi connectivity index (χ2n) is 9.29. The monoisotopic (exact) mass is 405 g/mol. The van der Waals surface area contributed by atoms with Crippen molar-refractivity contribution in [3.63, 3.8) is 0 Å². The summed E-state index contributed by atoms with van der Waals surface area (Å²) in [5, 5.41) is 22.4. The van der Waals surface area contributed by atoms with Gasteiger partial charge in [-0.05, 0) is 54.2 Å². The Morgan fingerprint density at radius 2 is 1.89 bits per heavy atom. The van der Waals surface area contributed by atoms with Gasteiger partial charge >= 0.3 is 0 Å². The molecule has 28 heavy (non-hydrogen) atoms. The number of nitriles is 1. The van der Waals surface area contributed by atoms with E-state index in [0.29, 0.717) is 17.8 Å². The quantitative estimate of drug-likeness (QED) is 0.646. The molecule has 0 aromatic heterocycles. The van der Waals surface area contributed by atoms with E-state index in [1.54, 1.807) is 12.1 Å². The normalized spacial score (nSPS) is 26.0. The number of hydrogen-bond acceptors (Lipinski definition) is 5. The van der Waals surface area contributed by atoms with E-state index in [0.717, 1.165) is 25.7 Å². The Bertz CT molecular complexity index is 873. The van der Waals surface area contributed by atoms with Crippen LogP contribution in [0.1, 0.15) is 58.9 Å². The van der Waals surface area contributed by atoms with E-state index in [1.807, 2.05) is 6.07 Å². The summed E-state index contributed by atoms with van der Waals surface area (Å²) in [6.07, 6.45) is 3.43. The molecule has 0 amide bonds. The number of nitrogens with one attached hydrogen (secondary N) is 2. The van der Waals surface area contributed by atoms with Crippen molar-refractivity contribution in [2.75, 3.05) is 11.9 Å². The van der Waals surface area contributed by atoms with Crippen molar-refractivity contribution in [3.8, 4) is 6.07 Å². The van der Waals surface area contributed by atoms with Gasteiger partial charge < -0.3 is 10.4 Å². The minimum Gasteiger partial charge on any atom is -0.393 e. The number of aliphatic hydroxyl groups is 1. The second kappa shape index (κ2) is 7.33. The highest BCUT2D eigenvalue weighted by atomic mass is 32.2. The molecule has 2 saturated carbocycles. The van der Waals surface area contributed by atoms with Crippen LogP contribution < -0.4 is 10.0 Å². The summed E-state index contributed by atoms with van der Waals surface area (Å²) >= 11 is 0. The van der Waals surface area contributed by atoms with Gasteiger partial charge in [0.2, 0.25) is 10.0 Å². The highest BCUT2D eigenvalue weighted by Crippen LogP contribution is 2.63. The lowest BCUT2D eigenvalue weighted by atomic mass is 10.0. The van der Waals surface area contributed by atoms with Gasteiger partial charge in [0.1, 0.15) is 4.90 Å². The molecule has 1 aromatic rings. The molecular formula is C21H31N3O3S. The summed E-state index contributed by atoms with van der Waals surface area (Å²) < 4.78 is 29.1. The summed E-state index contributed by atoms with van der Waals surface area (Å²) in [5.74, 6) is 0.261. The highest BCUT2D eigenvalue weighted by molar-refractivity contribution is 7.89. The van der Waals surface area contributed by atoms with Gasteiger partial charge in [-0.2, -0.15) is 5.26 Å². The Morgan fingerprint density at radius 3 is 2.43 bits per heavy atom. The molecule has 0 radical (unpaired) electrons. The molecule has 0 spiro atoms. The van der Waals surface area contributed by atoms with Crippen LogP contribution in [0.15, 0.2) is 23.1 Å². The van der Waals surface area contributed by atoms with Gasteiger partial charge in [0.05, 0.1) is 23.4 Å². The largest absolute Gasteiger partial charge is 0.393 e. The van der Waals surface area contributed by atoms with Crippen LogP contribution in [-0.4, -0.2) is 32.2 Å². The Morgan fingerprint density at radius 1 is 1.21 bits per heavy atom. The van der Waals surface area contributed by atoms with Crippen LogP contribution in [0.3, 0.4) is 0 Å². The van der Waals surface area contributed by atoms with E-state index in [2.05, 4.69) is 37.7 Å². The Balaban J connectivity index is 1.78. The number of hydrogen-bond donors (Lipinski definition) is 3. The standard InChI is InChI=1S/C21H31N3O3S/c1-20(2)19(21(20,3)4)24-28(26,27)18-12-14(13-22)8-9-16(18)23-11-10-15-6-5-7-17(15)25/h8-9,12,15,17,19,23-25H,5-7,10-11H2,1-4H3/t15-,17+/m0/s1. The summed E-state index contributed by atoms with van der Waals surface area (Å²) in [6, 6.07) is 6.57. The van der Waals surface area contributed by atoms with Crippen LogP contribution in [0.5, 0.6) is 0 Å². The van der Waals surface area contributed by atoms with E-state index < -0.39 is 10.0 Å². The van der Waals surface area contributed by atoms with E-state index in [-0.39, 0.29) is 33.8 Å². The minimum atomic E-state index is -3.78. The SMILES string of the molecule is CC1(C)C(NS(=O)(=O)c2cc(C#N)ccc2NCC[C@@H]2CCC[C@H]2O)C1(C)C. The maximum Gasteiger partial charge on any atom is 0.242 e. The van der Waals surface area contributed by atoms with Crippen LogP contribution in [0.2, 0.25) is 0 Å². The number of nitrogens with zero attached hydrogens (tertiary/aromatic N) is 1. The molecule has 154 valence electrons. The molecule has 0 heterocycles. The van der Waals surface area contributed by atoms with Crippen LogP contribution in [0.25, 0.3) is 0 Å². The van der Waals surface area contributed by atoms with E-state index in [9.17, 15) is 18.8 Å². The smallest absolute Gasteiger partial charge is 0.242 e. The van der Waals surface area contributed by atoms with Crippen molar-refractivity contribution in [2.45, 2.75) is 70.4 Å². The molecule has 2 aliphatic rings. The van der Waals surface area contributed by atoms with Gasteiger partial charge in [0.25, 0.3) is 0 Å². The van der Waals surface area contributed by atoms with Gasteiger partial charge in [-0.25, -0.2) is 13.1 Å². The molecular weight excluding hydrogens is 374 g/mol. The first-order chi connectivity index (χ1) is 13.0. The third-order valence-electron chi connectivity index (χ3n) is 7.14. The lowest BCUT2D eigenvalue weighted by Crippen LogP contribution is -2.30. The van der Waals surface area contributed by atoms with Crippen molar-refractivity contribution < 1.29 is 13.5 Å². The fourth-order valence-electron chi connectivity index (χ4n) is 4.42. The first kappa shape index (κ1) is 21.1. The first-order valence-corrected chi connectivity index (χ1v) is 11.5. The van der Waals surface area contributed by atoms with Gasteiger partial charge in [-0.1, -0.05) is 34.1 Å². The van der Waals surface area contributed by atoms with Crippen molar-refractivity contribution in [2.24, 2.45) is 16.7 Å². The zero-order chi connectivity index (χ0) is 20.7. The number of benzene rings is 1. The Hall–Kier alpha value is -1.62. The summed E-state index contributed by atoms with van der Waals surface area (Å²) in [5.41, 5.74) is 0.555. The summed E-state index contributed by atoms with van der Waals surface area (Å²) in [7, 11) is -3.78. The molecule has 1 aromatic carbocycles. The lowest BCUT2D eigenvalue weighted by molar-refractivity contribution is 0.130. The third-order valence-corrected chi connectivity index (χ3v) is 8.61. The third kappa shape index (κ3) is 3.78. The average molecular weight is 406 g/mol. The minimum absolute atomic E-state index is 0.108. The van der Waals surface area contributed by atoms with Gasteiger partial charge in [0, 0.05) is 12.6 Å². The van der Waals surface area contributed by atoms with Crippen molar-refractivity contribution in [1.29, 1.82) is 5.26 Å². The maximum atomic E-state index is 13.1. The molecule has 7 heteroatoms. The fourth-order valence-corrected chi connectivity index (χ4v) is 6.15. The summed E-state index contributed by atoms with van der Waals surface area (Å²) in [6.45, 7) is 8.79. The zero-order valence-electron chi connectivity index (χ0n) is 17.1. The predicted molar refractivity (Wildman–Crippen MR) is 109 cm³/mol. The molecule has 0 saturated heterocycles. The Labute approximate surface area is 168 Å². The molecule has 0 bridgehead atoms. The van der Waals surface area contributed by atoms with E-state index in [4.69, 9.17) is 0 Å². The zero-order valence-corrected chi connectivity index (χ0v) is 17.9. The van der Waals surface area contributed by atoms with E-state index in [1.165, 1.54) is 6.07 Å². The van der Waals surface area contributed by atoms with E-state index >= 15 is 0 Å². The van der Waals surface area contributed by atoms with Crippen molar-refractivity contribution >= 4 is 15.7 Å². The second-order valence-corrected chi connectivity index (χ2v) is 11.0. The topological polar surface area (TPSA) is 102 Å². The van der Waals surface area contributed by atoms with Gasteiger partial charge in [0.15, 0.2) is 0 Å². The molecule has 0 unspecified atom stereocenters. The van der Waals surface area contributed by atoms with Gasteiger partial charge in [-0.15, -0.1) is 0 Å². The molecule has 2 fully saturated rings.